The average molecular weight is 412 g/mol. The number of nitrogens with one attached hydrogen (secondary N) is 1. The second kappa shape index (κ2) is 5.28. The minimum absolute atomic E-state index is 0.258. The zero-order valence-corrected chi connectivity index (χ0v) is 14.0. The number of thiophene rings is 1. The molecule has 96 valence electrons. The van der Waals surface area contributed by atoms with Crippen LogP contribution in [0.2, 0.25) is 0 Å². The van der Waals surface area contributed by atoms with Gasteiger partial charge in [-0.3, -0.25) is 4.72 Å². The molecule has 0 aliphatic carbocycles. The summed E-state index contributed by atoms with van der Waals surface area (Å²) < 4.78 is 28.3. The first-order valence-corrected chi connectivity index (χ1v) is 8.68. The highest BCUT2D eigenvalue weighted by molar-refractivity contribution is 9.11. The fraction of sp³-hybridized carbons (Fsp3) is 0.100. The summed E-state index contributed by atoms with van der Waals surface area (Å²) >= 11 is 7.67. The summed E-state index contributed by atoms with van der Waals surface area (Å²) in [4.78, 5) is 4.03. The van der Waals surface area contributed by atoms with Crippen molar-refractivity contribution in [3.05, 3.63) is 38.2 Å². The van der Waals surface area contributed by atoms with Crippen LogP contribution in [0.4, 0.5) is 5.82 Å². The van der Waals surface area contributed by atoms with E-state index in [1.54, 1.807) is 24.3 Å². The molecule has 2 aromatic rings. The van der Waals surface area contributed by atoms with E-state index < -0.39 is 10.0 Å². The molecule has 0 saturated heterocycles. The van der Waals surface area contributed by atoms with Gasteiger partial charge in [-0.05, 0) is 62.5 Å². The van der Waals surface area contributed by atoms with Crippen LogP contribution in [0.3, 0.4) is 0 Å². The number of hydrogen-bond acceptors (Lipinski definition) is 4. The second-order valence-electron chi connectivity index (χ2n) is 3.47. The molecular weight excluding hydrogens is 404 g/mol. The molecule has 8 heteroatoms. The highest BCUT2D eigenvalue weighted by atomic mass is 79.9. The standard InChI is InChI=1S/C10H8Br2N2O2S2/c1-6-5-9(17-10(6)12)18(15,16)14-8-4-2-3-7(11)13-8/h2-5H,1H3,(H,13,14). The zero-order chi connectivity index (χ0) is 13.3. The maximum atomic E-state index is 12.1. The van der Waals surface area contributed by atoms with Gasteiger partial charge in [-0.2, -0.15) is 0 Å². The molecule has 4 nitrogen and oxygen atoms in total. The smallest absolute Gasteiger partial charge is 0.263 e. The Hall–Kier alpha value is -0.440. The first-order valence-electron chi connectivity index (χ1n) is 4.80. The number of hydrogen-bond donors (Lipinski definition) is 1. The van der Waals surface area contributed by atoms with Crippen molar-refractivity contribution in [2.75, 3.05) is 4.72 Å². The van der Waals surface area contributed by atoms with Crippen LogP contribution < -0.4 is 4.72 Å². The van der Waals surface area contributed by atoms with Crippen LogP contribution in [-0.4, -0.2) is 13.4 Å². The van der Waals surface area contributed by atoms with Gasteiger partial charge in [0.1, 0.15) is 14.6 Å². The van der Waals surface area contributed by atoms with Crippen molar-refractivity contribution in [1.29, 1.82) is 0 Å². The van der Waals surface area contributed by atoms with Crippen LogP contribution in [0, 0.1) is 6.92 Å². The van der Waals surface area contributed by atoms with Crippen molar-refractivity contribution >= 4 is 59.0 Å². The van der Waals surface area contributed by atoms with E-state index in [1.807, 2.05) is 6.92 Å². The van der Waals surface area contributed by atoms with Crippen molar-refractivity contribution < 1.29 is 8.42 Å². The molecule has 2 aromatic heterocycles. The Labute approximate surface area is 126 Å². The highest BCUT2D eigenvalue weighted by Crippen LogP contribution is 2.31. The van der Waals surface area contributed by atoms with Crippen LogP contribution in [0.15, 0.2) is 36.9 Å². The van der Waals surface area contributed by atoms with Gasteiger partial charge in [0.2, 0.25) is 0 Å². The summed E-state index contributed by atoms with van der Waals surface area (Å²) in [6, 6.07) is 6.65. The molecule has 0 amide bonds. The molecular formula is C10H8Br2N2O2S2. The van der Waals surface area contributed by atoms with E-state index >= 15 is 0 Å². The Kier molecular flexibility index (Phi) is 4.10. The van der Waals surface area contributed by atoms with Crippen molar-refractivity contribution in [3.8, 4) is 0 Å². The van der Waals surface area contributed by atoms with Gasteiger partial charge >= 0.3 is 0 Å². The maximum absolute atomic E-state index is 12.1. The third-order valence-electron chi connectivity index (χ3n) is 2.05. The lowest BCUT2D eigenvalue weighted by Crippen LogP contribution is -2.12. The van der Waals surface area contributed by atoms with Gasteiger partial charge in [0, 0.05) is 0 Å². The third-order valence-corrected chi connectivity index (χ3v) is 6.46. The van der Waals surface area contributed by atoms with Gasteiger partial charge in [0.15, 0.2) is 0 Å². The fourth-order valence-electron chi connectivity index (χ4n) is 1.22. The quantitative estimate of drug-likeness (QED) is 0.781. The van der Waals surface area contributed by atoms with Crippen LogP contribution in [0.5, 0.6) is 0 Å². The molecule has 0 fully saturated rings. The lowest BCUT2D eigenvalue weighted by molar-refractivity contribution is 0.603. The number of aromatic nitrogens is 1. The second-order valence-corrected chi connectivity index (χ2v) is 8.57. The predicted octanol–water partition coefficient (Wildman–Crippen LogP) is 3.78. The van der Waals surface area contributed by atoms with Crippen molar-refractivity contribution in [2.24, 2.45) is 0 Å². The van der Waals surface area contributed by atoms with E-state index in [0.717, 1.165) is 9.35 Å². The summed E-state index contributed by atoms with van der Waals surface area (Å²) in [6.07, 6.45) is 0. The minimum Gasteiger partial charge on any atom is -0.263 e. The van der Waals surface area contributed by atoms with Crippen molar-refractivity contribution in [1.82, 2.24) is 4.98 Å². The molecule has 18 heavy (non-hydrogen) atoms. The summed E-state index contributed by atoms with van der Waals surface area (Å²) in [5, 5.41) is 0. The third kappa shape index (κ3) is 3.11. The summed E-state index contributed by atoms with van der Waals surface area (Å²) in [5.41, 5.74) is 0.891. The zero-order valence-electron chi connectivity index (χ0n) is 9.15. The topological polar surface area (TPSA) is 59.1 Å². The summed E-state index contributed by atoms with van der Waals surface area (Å²) in [5.74, 6) is 0.284. The number of anilines is 1. The van der Waals surface area contributed by atoms with E-state index in [4.69, 9.17) is 0 Å². The first-order chi connectivity index (χ1) is 8.38. The van der Waals surface area contributed by atoms with Gasteiger partial charge in [0.05, 0.1) is 3.79 Å². The van der Waals surface area contributed by atoms with E-state index in [0.29, 0.717) is 4.60 Å². The van der Waals surface area contributed by atoms with E-state index in [9.17, 15) is 8.42 Å². The number of pyridine rings is 1. The summed E-state index contributed by atoms with van der Waals surface area (Å²) in [7, 11) is -3.58. The average Bonchev–Trinajstić information content (AvgIpc) is 2.59. The molecule has 0 saturated carbocycles. The normalized spacial score (nSPS) is 11.5. The molecule has 0 bridgehead atoms. The molecule has 1 N–H and O–H groups in total. The lowest BCUT2D eigenvalue weighted by Gasteiger charge is -2.05. The van der Waals surface area contributed by atoms with Crippen molar-refractivity contribution in [3.63, 3.8) is 0 Å². The lowest BCUT2D eigenvalue weighted by atomic mass is 10.4. The Morgan fingerprint density at radius 1 is 1.33 bits per heavy atom. The predicted molar refractivity (Wildman–Crippen MR) is 79.5 cm³/mol. The molecule has 0 aromatic carbocycles. The number of sulfonamides is 1. The van der Waals surface area contributed by atoms with E-state index in [1.165, 1.54) is 11.3 Å². The van der Waals surface area contributed by atoms with Gasteiger partial charge in [-0.15, -0.1) is 11.3 Å². The molecule has 2 rings (SSSR count). The Morgan fingerprint density at radius 2 is 2.06 bits per heavy atom. The van der Waals surface area contributed by atoms with Gasteiger partial charge in [0.25, 0.3) is 10.0 Å². The van der Waals surface area contributed by atoms with Gasteiger partial charge in [-0.1, -0.05) is 6.07 Å². The largest absolute Gasteiger partial charge is 0.272 e. The van der Waals surface area contributed by atoms with Crippen LogP contribution >= 0.6 is 43.2 Å². The summed E-state index contributed by atoms with van der Waals surface area (Å²) in [6.45, 7) is 1.84. The maximum Gasteiger partial charge on any atom is 0.272 e. The molecule has 0 radical (unpaired) electrons. The van der Waals surface area contributed by atoms with Crippen molar-refractivity contribution in [2.45, 2.75) is 11.1 Å². The monoisotopic (exact) mass is 410 g/mol. The minimum atomic E-state index is -3.58. The first kappa shape index (κ1) is 14.0. The van der Waals surface area contributed by atoms with Gasteiger partial charge < -0.3 is 0 Å². The van der Waals surface area contributed by atoms with E-state index in [-0.39, 0.29) is 10.0 Å². The molecule has 0 aliphatic heterocycles. The highest BCUT2D eigenvalue weighted by Gasteiger charge is 2.18. The van der Waals surface area contributed by atoms with Crippen LogP contribution in [0.25, 0.3) is 0 Å². The number of aryl methyl sites for hydroxylation is 1. The Morgan fingerprint density at radius 3 is 2.61 bits per heavy atom. The molecule has 0 unspecified atom stereocenters. The van der Waals surface area contributed by atoms with E-state index in [2.05, 4.69) is 41.6 Å². The fourth-order valence-corrected chi connectivity index (χ4v) is 4.79. The molecule has 0 atom stereocenters. The van der Waals surface area contributed by atoms with Crippen LogP contribution in [0.1, 0.15) is 5.56 Å². The number of rotatable bonds is 3. The molecule has 0 aliphatic rings. The van der Waals surface area contributed by atoms with Gasteiger partial charge in [-0.25, -0.2) is 13.4 Å². The Bertz CT molecular complexity index is 663. The molecule has 0 spiro atoms. The number of halogens is 2. The Balaban J connectivity index is 2.33. The van der Waals surface area contributed by atoms with Crippen LogP contribution in [-0.2, 0) is 10.0 Å². The SMILES string of the molecule is Cc1cc(S(=O)(=O)Nc2cccc(Br)n2)sc1Br. The molecule has 2 heterocycles. The number of nitrogens with zero attached hydrogens (tertiary/aromatic N) is 1.